The van der Waals surface area contributed by atoms with Crippen LogP contribution in [0.4, 0.5) is 10.1 Å². The van der Waals surface area contributed by atoms with Crippen molar-refractivity contribution >= 4 is 50.7 Å². The average Bonchev–Trinajstić information content (AvgIpc) is 2.91. The number of amides is 2. The molecule has 0 saturated carbocycles. The molecule has 0 saturated heterocycles. The Morgan fingerprint density at radius 1 is 0.950 bits per heavy atom. The van der Waals surface area contributed by atoms with Gasteiger partial charge in [-0.15, -0.1) is 0 Å². The number of sulfonamides is 1. The van der Waals surface area contributed by atoms with Crippen molar-refractivity contribution in [1.29, 1.82) is 0 Å². The quantitative estimate of drug-likeness (QED) is 0.297. The summed E-state index contributed by atoms with van der Waals surface area (Å²) < 4.78 is 43.2. The summed E-state index contributed by atoms with van der Waals surface area (Å²) in [6, 6.07) is 15.2. The van der Waals surface area contributed by atoms with E-state index in [4.69, 9.17) is 23.2 Å². The van der Waals surface area contributed by atoms with Crippen LogP contribution >= 0.6 is 23.2 Å². The first-order valence-electron chi connectivity index (χ1n) is 12.7. The van der Waals surface area contributed by atoms with Gasteiger partial charge in [-0.05, 0) is 61.7 Å². The SMILES string of the molecule is Cc1ccc(S(=O)(=O)N(CC(=O)N(Cc2ccc(Cl)c(Cl)c2)[C@@H](C)C(=O)NCC(C)C)c2ccccc2F)cc1. The molecular formula is C29H32Cl2FN3O4S. The molecule has 0 heterocycles. The highest BCUT2D eigenvalue weighted by Gasteiger charge is 2.33. The van der Waals surface area contributed by atoms with Gasteiger partial charge in [-0.2, -0.15) is 0 Å². The van der Waals surface area contributed by atoms with Crippen molar-refractivity contribution in [2.24, 2.45) is 5.92 Å². The molecule has 3 aromatic rings. The van der Waals surface area contributed by atoms with E-state index in [-0.39, 0.29) is 28.1 Å². The predicted octanol–water partition coefficient (Wildman–Crippen LogP) is 5.83. The van der Waals surface area contributed by atoms with Crippen LogP contribution in [0.15, 0.2) is 71.6 Å². The third kappa shape index (κ3) is 7.74. The monoisotopic (exact) mass is 607 g/mol. The highest BCUT2D eigenvalue weighted by Crippen LogP contribution is 2.28. The summed E-state index contributed by atoms with van der Waals surface area (Å²) >= 11 is 12.2. The first kappa shape index (κ1) is 31.4. The van der Waals surface area contributed by atoms with Gasteiger partial charge in [-0.3, -0.25) is 13.9 Å². The minimum Gasteiger partial charge on any atom is -0.354 e. The molecule has 0 fully saturated rings. The summed E-state index contributed by atoms with van der Waals surface area (Å²) in [5.41, 5.74) is 1.12. The molecule has 0 aliphatic rings. The van der Waals surface area contributed by atoms with Crippen molar-refractivity contribution in [1.82, 2.24) is 10.2 Å². The lowest BCUT2D eigenvalue weighted by molar-refractivity contribution is -0.139. The van der Waals surface area contributed by atoms with Crippen LogP contribution in [0.25, 0.3) is 0 Å². The van der Waals surface area contributed by atoms with Crippen LogP contribution in [-0.2, 0) is 26.2 Å². The topological polar surface area (TPSA) is 86.8 Å². The number of hydrogen-bond donors (Lipinski definition) is 1. The Kier molecular flexibility index (Phi) is 10.6. The molecule has 11 heteroatoms. The standard InChI is InChI=1S/C29H32Cl2FN3O4S/c1-19(2)16-33-29(37)21(4)34(17-22-11-14-24(30)25(31)15-22)28(36)18-35(27-8-6-5-7-26(27)32)40(38,39)23-12-9-20(3)10-13-23/h5-15,19,21H,16-18H2,1-4H3,(H,33,37)/t21-/m0/s1. The Balaban J connectivity index is 2.04. The molecule has 0 spiro atoms. The van der Waals surface area contributed by atoms with Gasteiger partial charge < -0.3 is 10.2 Å². The van der Waals surface area contributed by atoms with Crippen molar-refractivity contribution in [3.05, 3.63) is 93.7 Å². The summed E-state index contributed by atoms with van der Waals surface area (Å²) in [6.07, 6.45) is 0. The number of benzene rings is 3. The van der Waals surface area contributed by atoms with E-state index in [9.17, 15) is 22.4 Å². The van der Waals surface area contributed by atoms with Crippen molar-refractivity contribution in [2.45, 2.75) is 45.2 Å². The normalized spacial score (nSPS) is 12.2. The van der Waals surface area contributed by atoms with Gasteiger partial charge >= 0.3 is 0 Å². The zero-order chi connectivity index (χ0) is 29.6. The van der Waals surface area contributed by atoms with E-state index in [1.54, 1.807) is 44.2 Å². The largest absolute Gasteiger partial charge is 0.354 e. The van der Waals surface area contributed by atoms with E-state index in [0.717, 1.165) is 15.9 Å². The van der Waals surface area contributed by atoms with Crippen molar-refractivity contribution in [3.63, 3.8) is 0 Å². The first-order chi connectivity index (χ1) is 18.8. The van der Waals surface area contributed by atoms with E-state index in [1.165, 1.54) is 35.2 Å². The number of aryl methyl sites for hydroxylation is 1. The van der Waals surface area contributed by atoms with E-state index >= 15 is 0 Å². The molecule has 0 bridgehead atoms. The van der Waals surface area contributed by atoms with Crippen molar-refractivity contribution < 1.29 is 22.4 Å². The third-order valence-electron chi connectivity index (χ3n) is 6.20. The van der Waals surface area contributed by atoms with Crippen LogP contribution in [-0.4, -0.2) is 44.3 Å². The highest BCUT2D eigenvalue weighted by atomic mass is 35.5. The van der Waals surface area contributed by atoms with E-state index in [2.05, 4.69) is 5.32 Å². The van der Waals surface area contributed by atoms with Gasteiger partial charge in [-0.25, -0.2) is 12.8 Å². The zero-order valence-corrected chi connectivity index (χ0v) is 25.0. The molecule has 3 aromatic carbocycles. The summed E-state index contributed by atoms with van der Waals surface area (Å²) in [5, 5.41) is 3.39. The minimum atomic E-state index is -4.37. The number of nitrogens with one attached hydrogen (secondary N) is 1. The molecule has 1 atom stereocenters. The molecule has 0 unspecified atom stereocenters. The van der Waals surface area contributed by atoms with Crippen LogP contribution < -0.4 is 9.62 Å². The van der Waals surface area contributed by atoms with Crippen LogP contribution in [0.3, 0.4) is 0 Å². The fourth-order valence-corrected chi connectivity index (χ4v) is 5.62. The lowest BCUT2D eigenvalue weighted by Gasteiger charge is -2.32. The average molecular weight is 609 g/mol. The van der Waals surface area contributed by atoms with E-state index in [1.807, 2.05) is 13.8 Å². The number of hydrogen-bond acceptors (Lipinski definition) is 4. The lowest BCUT2D eigenvalue weighted by Crippen LogP contribution is -2.51. The second kappa shape index (κ2) is 13.5. The second-order valence-corrected chi connectivity index (χ2v) is 12.5. The molecule has 40 heavy (non-hydrogen) atoms. The molecule has 7 nitrogen and oxygen atoms in total. The Morgan fingerprint density at radius 2 is 1.60 bits per heavy atom. The minimum absolute atomic E-state index is 0.0678. The lowest BCUT2D eigenvalue weighted by atomic mass is 10.1. The maximum Gasteiger partial charge on any atom is 0.264 e. The Bertz CT molecular complexity index is 1470. The van der Waals surface area contributed by atoms with Crippen LogP contribution in [0, 0.1) is 18.7 Å². The maximum absolute atomic E-state index is 15.0. The summed E-state index contributed by atoms with van der Waals surface area (Å²) in [7, 11) is -4.37. The number of anilines is 1. The molecule has 214 valence electrons. The fourth-order valence-electron chi connectivity index (χ4n) is 3.87. The fraction of sp³-hybridized carbons (Fsp3) is 0.310. The summed E-state index contributed by atoms with van der Waals surface area (Å²) in [5.74, 6) is -1.77. The third-order valence-corrected chi connectivity index (χ3v) is 8.71. The van der Waals surface area contributed by atoms with Crippen LogP contribution in [0.1, 0.15) is 31.9 Å². The van der Waals surface area contributed by atoms with Crippen molar-refractivity contribution in [2.75, 3.05) is 17.4 Å². The van der Waals surface area contributed by atoms with Gasteiger partial charge in [0.15, 0.2) is 0 Å². The maximum atomic E-state index is 15.0. The number of carbonyl (C=O) groups excluding carboxylic acids is 2. The molecule has 1 N–H and O–H groups in total. The van der Waals surface area contributed by atoms with E-state index < -0.39 is 40.2 Å². The molecule has 2 amide bonds. The highest BCUT2D eigenvalue weighted by molar-refractivity contribution is 7.92. The van der Waals surface area contributed by atoms with Gasteiger partial charge in [0, 0.05) is 13.1 Å². The van der Waals surface area contributed by atoms with Crippen LogP contribution in [0.5, 0.6) is 0 Å². The number of para-hydroxylation sites is 1. The second-order valence-electron chi connectivity index (χ2n) is 9.86. The van der Waals surface area contributed by atoms with Gasteiger partial charge in [0.05, 0.1) is 20.6 Å². The molecule has 0 aliphatic carbocycles. The Hall–Kier alpha value is -3.14. The molecule has 0 radical (unpaired) electrons. The number of halogens is 3. The predicted molar refractivity (Wildman–Crippen MR) is 156 cm³/mol. The molecule has 0 aromatic heterocycles. The molecule has 0 aliphatic heterocycles. The number of carbonyl (C=O) groups is 2. The van der Waals surface area contributed by atoms with Gasteiger partial charge in [-0.1, -0.05) is 72.9 Å². The molecule has 3 rings (SSSR count). The number of nitrogens with zero attached hydrogens (tertiary/aromatic N) is 2. The smallest absolute Gasteiger partial charge is 0.264 e. The summed E-state index contributed by atoms with van der Waals surface area (Å²) in [4.78, 5) is 28.0. The van der Waals surface area contributed by atoms with Crippen molar-refractivity contribution in [3.8, 4) is 0 Å². The molecular weight excluding hydrogens is 576 g/mol. The van der Waals surface area contributed by atoms with Gasteiger partial charge in [0.25, 0.3) is 10.0 Å². The Labute approximate surface area is 244 Å². The summed E-state index contributed by atoms with van der Waals surface area (Å²) in [6.45, 7) is 6.80. The van der Waals surface area contributed by atoms with Crippen LogP contribution in [0.2, 0.25) is 10.0 Å². The van der Waals surface area contributed by atoms with E-state index in [0.29, 0.717) is 17.1 Å². The zero-order valence-electron chi connectivity index (χ0n) is 22.7. The van der Waals surface area contributed by atoms with Gasteiger partial charge in [0.1, 0.15) is 18.4 Å². The Morgan fingerprint density at radius 3 is 2.20 bits per heavy atom. The first-order valence-corrected chi connectivity index (χ1v) is 14.9. The van der Waals surface area contributed by atoms with Gasteiger partial charge in [0.2, 0.25) is 11.8 Å². The number of rotatable bonds is 11.